The first-order valence-corrected chi connectivity index (χ1v) is 6.55. The van der Waals surface area contributed by atoms with Gasteiger partial charge in [-0.2, -0.15) is 0 Å². The van der Waals surface area contributed by atoms with Crippen molar-refractivity contribution in [3.05, 3.63) is 28.5 Å². The second-order valence-corrected chi connectivity index (χ2v) is 5.35. The van der Waals surface area contributed by atoms with Crippen LogP contribution in [0.3, 0.4) is 0 Å². The van der Waals surface area contributed by atoms with Crippen LogP contribution in [0.4, 0.5) is 23.7 Å². The van der Waals surface area contributed by atoms with Gasteiger partial charge < -0.3 is 10.2 Å². The molecule has 104 valence electrons. The van der Waals surface area contributed by atoms with E-state index in [0.717, 1.165) is 4.90 Å². The lowest BCUT2D eigenvalue weighted by atomic mass is 10.1. The van der Waals surface area contributed by atoms with Crippen LogP contribution in [0.25, 0.3) is 0 Å². The molecule has 0 aliphatic carbocycles. The molecule has 1 aliphatic rings. The minimum Gasteiger partial charge on any atom is -0.318 e. The van der Waals surface area contributed by atoms with Crippen LogP contribution in [0.15, 0.2) is 22.7 Å². The highest BCUT2D eigenvalue weighted by atomic mass is 79.9. The fourth-order valence-corrected chi connectivity index (χ4v) is 2.26. The van der Waals surface area contributed by atoms with Gasteiger partial charge in [0.05, 0.1) is 12.2 Å². The molecule has 0 bridgehead atoms. The summed E-state index contributed by atoms with van der Waals surface area (Å²) >= 11 is 3.09. The quantitative estimate of drug-likeness (QED) is 0.829. The minimum absolute atomic E-state index is 0.0258. The van der Waals surface area contributed by atoms with Crippen LogP contribution in [0.5, 0.6) is 0 Å². The number of rotatable bonds is 1. The monoisotopic (exact) mass is 336 g/mol. The van der Waals surface area contributed by atoms with E-state index in [2.05, 4.69) is 21.2 Å². The van der Waals surface area contributed by atoms with Crippen molar-refractivity contribution in [3.63, 3.8) is 0 Å². The maximum absolute atomic E-state index is 13.5. The molecule has 1 fully saturated rings. The third-order valence-electron chi connectivity index (χ3n) is 2.85. The smallest absolute Gasteiger partial charge is 0.318 e. The Kier molecular flexibility index (Phi) is 4.03. The van der Waals surface area contributed by atoms with Gasteiger partial charge in [0, 0.05) is 17.4 Å². The van der Waals surface area contributed by atoms with E-state index in [1.54, 1.807) is 6.07 Å². The van der Waals surface area contributed by atoms with Crippen LogP contribution in [0.2, 0.25) is 0 Å². The fraction of sp³-hybridized carbons (Fsp3) is 0.417. The zero-order chi connectivity index (χ0) is 14.0. The molecular formula is C12H12BrF3N2O. The zero-order valence-electron chi connectivity index (χ0n) is 9.93. The van der Waals surface area contributed by atoms with Crippen molar-refractivity contribution in [2.24, 2.45) is 0 Å². The van der Waals surface area contributed by atoms with E-state index < -0.39 is 24.3 Å². The molecule has 3 nitrogen and oxygen atoms in total. The summed E-state index contributed by atoms with van der Waals surface area (Å²) in [4.78, 5) is 12.8. The van der Waals surface area contributed by atoms with E-state index in [9.17, 15) is 18.0 Å². The lowest BCUT2D eigenvalue weighted by molar-refractivity contribution is -0.0510. The Hall–Kier alpha value is -1.24. The number of benzene rings is 1. The number of hydrogen-bond acceptors (Lipinski definition) is 1. The summed E-state index contributed by atoms with van der Waals surface area (Å²) in [5, 5.41) is 2.30. The highest BCUT2D eigenvalue weighted by Crippen LogP contribution is 2.27. The summed E-state index contributed by atoms with van der Waals surface area (Å²) in [5.74, 6) is -3.49. The molecule has 0 atom stereocenters. The molecule has 1 aromatic carbocycles. The second kappa shape index (κ2) is 5.40. The lowest BCUT2D eigenvalue weighted by Gasteiger charge is -2.32. The Morgan fingerprint density at radius 3 is 2.79 bits per heavy atom. The zero-order valence-corrected chi connectivity index (χ0v) is 11.5. The highest BCUT2D eigenvalue weighted by molar-refractivity contribution is 9.10. The van der Waals surface area contributed by atoms with Crippen molar-refractivity contribution in [1.29, 1.82) is 0 Å². The van der Waals surface area contributed by atoms with Gasteiger partial charge in [-0.1, -0.05) is 15.9 Å². The number of piperidine rings is 1. The molecule has 0 aromatic heterocycles. The molecule has 0 unspecified atom stereocenters. The van der Waals surface area contributed by atoms with E-state index in [0.29, 0.717) is 4.47 Å². The minimum atomic E-state index is -2.87. The first-order valence-electron chi connectivity index (χ1n) is 5.76. The number of urea groups is 1. The molecule has 0 saturated carbocycles. The van der Waals surface area contributed by atoms with Crippen LogP contribution in [-0.4, -0.2) is 29.9 Å². The Labute approximate surface area is 116 Å². The highest BCUT2D eigenvalue weighted by Gasteiger charge is 2.37. The van der Waals surface area contributed by atoms with Gasteiger partial charge >= 0.3 is 6.03 Å². The van der Waals surface area contributed by atoms with Crippen LogP contribution in [0.1, 0.15) is 12.8 Å². The average molecular weight is 337 g/mol. The molecule has 1 saturated heterocycles. The molecule has 1 aromatic rings. The van der Waals surface area contributed by atoms with Gasteiger partial charge in [0.25, 0.3) is 5.92 Å². The molecule has 0 spiro atoms. The van der Waals surface area contributed by atoms with Crippen molar-refractivity contribution < 1.29 is 18.0 Å². The predicted octanol–water partition coefficient (Wildman–Crippen LogP) is 3.85. The average Bonchev–Trinajstić information content (AvgIpc) is 2.31. The number of nitrogens with one attached hydrogen (secondary N) is 1. The van der Waals surface area contributed by atoms with Crippen LogP contribution < -0.4 is 5.32 Å². The topological polar surface area (TPSA) is 32.3 Å². The molecule has 19 heavy (non-hydrogen) atoms. The number of amides is 2. The fourth-order valence-electron chi connectivity index (χ4n) is 1.92. The van der Waals surface area contributed by atoms with E-state index in [1.807, 2.05) is 0 Å². The Morgan fingerprint density at radius 2 is 2.16 bits per heavy atom. The number of anilines is 1. The van der Waals surface area contributed by atoms with E-state index in [-0.39, 0.29) is 25.1 Å². The summed E-state index contributed by atoms with van der Waals surface area (Å²) in [7, 11) is 0. The third kappa shape index (κ3) is 3.62. The van der Waals surface area contributed by atoms with Gasteiger partial charge in [0.2, 0.25) is 0 Å². The lowest BCUT2D eigenvalue weighted by Crippen LogP contribution is -2.47. The maximum atomic E-state index is 13.5. The predicted molar refractivity (Wildman–Crippen MR) is 68.9 cm³/mol. The van der Waals surface area contributed by atoms with Crippen molar-refractivity contribution >= 4 is 27.6 Å². The molecule has 1 aliphatic heterocycles. The van der Waals surface area contributed by atoms with Gasteiger partial charge in [-0.3, -0.25) is 0 Å². The molecule has 1 N–H and O–H groups in total. The van der Waals surface area contributed by atoms with Crippen LogP contribution in [-0.2, 0) is 0 Å². The largest absolute Gasteiger partial charge is 0.322 e. The summed E-state index contributed by atoms with van der Waals surface area (Å²) in [6.45, 7) is -0.378. The van der Waals surface area contributed by atoms with Gasteiger partial charge in [-0.05, 0) is 24.6 Å². The standard InChI is InChI=1S/C12H12BrF3N2O/c13-8-2-3-10(9(14)6-8)17-11(19)18-5-1-4-12(15,16)7-18/h2-3,6H,1,4-5,7H2,(H,17,19). The second-order valence-electron chi connectivity index (χ2n) is 4.44. The van der Waals surface area contributed by atoms with Gasteiger partial charge in [-0.25, -0.2) is 18.0 Å². The number of nitrogens with zero attached hydrogens (tertiary/aromatic N) is 1. The van der Waals surface area contributed by atoms with Gasteiger partial charge in [0.1, 0.15) is 5.82 Å². The number of carbonyl (C=O) groups excluding carboxylic acids is 1. The molecule has 2 amide bonds. The van der Waals surface area contributed by atoms with Crippen molar-refractivity contribution in [3.8, 4) is 0 Å². The third-order valence-corrected chi connectivity index (χ3v) is 3.35. The number of carbonyl (C=O) groups is 1. The number of halogens is 4. The SMILES string of the molecule is O=C(Nc1ccc(Br)cc1F)N1CCCC(F)(F)C1. The van der Waals surface area contributed by atoms with E-state index in [4.69, 9.17) is 0 Å². The number of hydrogen-bond donors (Lipinski definition) is 1. The van der Waals surface area contributed by atoms with Gasteiger partial charge in [0.15, 0.2) is 0 Å². The molecule has 7 heteroatoms. The van der Waals surface area contributed by atoms with Crippen LogP contribution >= 0.6 is 15.9 Å². The van der Waals surface area contributed by atoms with Crippen molar-refractivity contribution in [2.45, 2.75) is 18.8 Å². The summed E-state index contributed by atoms with van der Waals surface area (Å²) in [6.07, 6.45) is 0.0205. The van der Waals surface area contributed by atoms with Crippen LogP contribution in [0, 0.1) is 5.82 Å². The summed E-state index contributed by atoms with van der Waals surface area (Å²) in [5.41, 5.74) is -0.0258. The summed E-state index contributed by atoms with van der Waals surface area (Å²) in [6, 6.07) is 3.42. The van der Waals surface area contributed by atoms with Crippen molar-refractivity contribution in [2.75, 3.05) is 18.4 Å². The first-order chi connectivity index (χ1) is 8.87. The van der Waals surface area contributed by atoms with Crippen molar-refractivity contribution in [1.82, 2.24) is 4.90 Å². The Balaban J connectivity index is 2.04. The Morgan fingerprint density at radius 1 is 1.42 bits per heavy atom. The summed E-state index contributed by atoms with van der Waals surface area (Å²) < 4.78 is 40.4. The van der Waals surface area contributed by atoms with E-state index in [1.165, 1.54) is 12.1 Å². The van der Waals surface area contributed by atoms with Gasteiger partial charge in [-0.15, -0.1) is 0 Å². The Bertz CT molecular complexity index is 496. The molecule has 1 heterocycles. The first kappa shape index (κ1) is 14.2. The normalized spacial score (nSPS) is 18.2. The molecule has 2 rings (SSSR count). The van der Waals surface area contributed by atoms with E-state index >= 15 is 0 Å². The molecular weight excluding hydrogens is 325 g/mol. The number of alkyl halides is 2. The number of likely N-dealkylation sites (tertiary alicyclic amines) is 1. The molecule has 0 radical (unpaired) electrons. The maximum Gasteiger partial charge on any atom is 0.322 e.